The van der Waals surface area contributed by atoms with Crippen molar-refractivity contribution in [1.29, 1.82) is 0 Å². The second kappa shape index (κ2) is 9.26. The summed E-state index contributed by atoms with van der Waals surface area (Å²) in [4.78, 5) is 25.9. The molecule has 0 fully saturated rings. The lowest BCUT2D eigenvalue weighted by Gasteiger charge is -2.14. The monoisotopic (exact) mass is 544 g/mol. The third kappa shape index (κ3) is 4.53. The van der Waals surface area contributed by atoms with Crippen molar-refractivity contribution in [1.82, 2.24) is 29.3 Å². The highest BCUT2D eigenvalue weighted by Gasteiger charge is 2.32. The fraction of sp³-hybridized carbons (Fsp3) is 0.143. The number of imidazole rings is 1. The molecule has 4 aromatic heterocycles. The van der Waals surface area contributed by atoms with Crippen LogP contribution in [0.1, 0.15) is 27.2 Å². The van der Waals surface area contributed by atoms with E-state index in [-0.39, 0.29) is 11.3 Å². The number of carbonyl (C=O) groups excluding carboxylic acids is 1. The Bertz CT molecular complexity index is 1910. The maximum atomic E-state index is 13.7. The number of aromatic amines is 1. The Morgan fingerprint density at radius 2 is 1.82 bits per heavy atom. The predicted molar refractivity (Wildman–Crippen MR) is 146 cm³/mol. The van der Waals surface area contributed by atoms with Crippen molar-refractivity contribution in [3.05, 3.63) is 89.8 Å². The van der Waals surface area contributed by atoms with Crippen molar-refractivity contribution in [2.75, 3.05) is 10.6 Å². The number of alkyl halides is 3. The maximum Gasteiger partial charge on any atom is 0.416 e. The molecule has 0 saturated carbocycles. The lowest BCUT2D eigenvalue weighted by molar-refractivity contribution is -0.137. The highest BCUT2D eigenvalue weighted by atomic mass is 19.4. The first kappa shape index (κ1) is 25.2. The number of hydrogen-bond donors (Lipinski definition) is 3. The van der Waals surface area contributed by atoms with Crippen molar-refractivity contribution in [3.63, 3.8) is 0 Å². The quantitative estimate of drug-likeness (QED) is 0.237. The first-order valence-electron chi connectivity index (χ1n) is 12.3. The van der Waals surface area contributed by atoms with Crippen molar-refractivity contribution in [2.24, 2.45) is 7.05 Å². The number of nitrogens with one attached hydrogen (secondary N) is 3. The molecule has 3 N–H and O–H groups in total. The molecule has 6 aromatic rings. The third-order valence-corrected chi connectivity index (χ3v) is 6.66. The molecule has 40 heavy (non-hydrogen) atoms. The number of fused-ring (bicyclic) bond motifs is 3. The summed E-state index contributed by atoms with van der Waals surface area (Å²) in [6.45, 7) is 3.63. The van der Waals surface area contributed by atoms with Crippen molar-refractivity contribution < 1.29 is 18.0 Å². The molecule has 0 bridgehead atoms. The van der Waals surface area contributed by atoms with Gasteiger partial charge in [-0.25, -0.2) is 15.0 Å². The molecule has 4 heterocycles. The van der Waals surface area contributed by atoms with E-state index in [1.54, 1.807) is 37.6 Å². The van der Waals surface area contributed by atoms with Crippen LogP contribution < -0.4 is 10.6 Å². The van der Waals surface area contributed by atoms with E-state index in [9.17, 15) is 18.0 Å². The Morgan fingerprint density at radius 3 is 2.58 bits per heavy atom. The fourth-order valence-electron chi connectivity index (χ4n) is 4.66. The highest BCUT2D eigenvalue weighted by molar-refractivity contribution is 6.07. The third-order valence-electron chi connectivity index (χ3n) is 6.66. The number of H-pyrrole nitrogens is 1. The zero-order valence-electron chi connectivity index (χ0n) is 21.6. The molecule has 202 valence electrons. The van der Waals surface area contributed by atoms with Gasteiger partial charge in [0.15, 0.2) is 5.65 Å². The van der Waals surface area contributed by atoms with Gasteiger partial charge in [0.1, 0.15) is 5.82 Å². The fourth-order valence-corrected chi connectivity index (χ4v) is 4.66. The van der Waals surface area contributed by atoms with Crippen LogP contribution in [0.5, 0.6) is 0 Å². The number of benzene rings is 2. The molecule has 9 nitrogen and oxygen atoms in total. The second-order valence-corrected chi connectivity index (χ2v) is 9.55. The van der Waals surface area contributed by atoms with Gasteiger partial charge < -0.3 is 15.2 Å². The first-order chi connectivity index (χ1) is 19.1. The summed E-state index contributed by atoms with van der Waals surface area (Å²) in [6, 6.07) is 10.4. The average Bonchev–Trinajstić information content (AvgIpc) is 3.64. The van der Waals surface area contributed by atoms with Crippen LogP contribution in [0.4, 0.5) is 30.4 Å². The molecule has 0 spiro atoms. The number of hydrogen-bond acceptors (Lipinski definition) is 5. The molecule has 0 aliphatic carbocycles. The number of carbonyl (C=O) groups is 1. The number of nitrogens with zero attached hydrogens (tertiary/aromatic N) is 5. The van der Waals surface area contributed by atoms with E-state index in [0.717, 1.165) is 34.0 Å². The van der Waals surface area contributed by atoms with Gasteiger partial charge in [0.2, 0.25) is 0 Å². The second-order valence-electron chi connectivity index (χ2n) is 9.55. The van der Waals surface area contributed by atoms with Crippen molar-refractivity contribution >= 4 is 45.0 Å². The molecule has 0 aliphatic rings. The number of aromatic nitrogens is 6. The lowest BCUT2D eigenvalue weighted by atomic mass is 10.1. The van der Waals surface area contributed by atoms with Gasteiger partial charge in [0.25, 0.3) is 5.91 Å². The van der Waals surface area contributed by atoms with Gasteiger partial charge in [0, 0.05) is 53.7 Å². The van der Waals surface area contributed by atoms with Crippen LogP contribution in [0.15, 0.2) is 67.4 Å². The molecular formula is C28H23F3N8O. The summed E-state index contributed by atoms with van der Waals surface area (Å²) in [5.41, 5.74) is 3.34. The summed E-state index contributed by atoms with van der Waals surface area (Å²) < 4.78 is 44.3. The Labute approximate surface area is 225 Å². The van der Waals surface area contributed by atoms with E-state index in [2.05, 4.69) is 30.7 Å². The molecule has 0 radical (unpaired) electrons. The number of anilines is 3. The van der Waals surface area contributed by atoms with E-state index < -0.39 is 17.6 Å². The van der Waals surface area contributed by atoms with Crippen LogP contribution in [-0.4, -0.2) is 35.2 Å². The summed E-state index contributed by atoms with van der Waals surface area (Å²) in [5, 5.41) is 11.1. The summed E-state index contributed by atoms with van der Waals surface area (Å²) >= 11 is 0. The number of amides is 1. The zero-order valence-corrected chi connectivity index (χ0v) is 21.6. The van der Waals surface area contributed by atoms with Gasteiger partial charge >= 0.3 is 6.18 Å². The van der Waals surface area contributed by atoms with Gasteiger partial charge in [0.05, 0.1) is 28.5 Å². The molecule has 0 unspecified atom stereocenters. The van der Waals surface area contributed by atoms with Gasteiger partial charge in [-0.3, -0.25) is 14.6 Å². The minimum absolute atomic E-state index is 0.132. The number of halogens is 3. The summed E-state index contributed by atoms with van der Waals surface area (Å²) in [5.74, 6) is 0.0174. The minimum atomic E-state index is -4.63. The zero-order chi connectivity index (χ0) is 28.2. The van der Waals surface area contributed by atoms with E-state index in [1.807, 2.05) is 30.8 Å². The summed E-state index contributed by atoms with van der Waals surface area (Å²) in [6.07, 6.45) is 1.81. The Balaban J connectivity index is 1.31. The van der Waals surface area contributed by atoms with E-state index in [4.69, 9.17) is 0 Å². The molecule has 0 atom stereocenters. The molecule has 0 saturated heterocycles. The van der Waals surface area contributed by atoms with E-state index >= 15 is 0 Å². The summed E-state index contributed by atoms with van der Waals surface area (Å²) in [7, 11) is 1.89. The van der Waals surface area contributed by atoms with Crippen LogP contribution in [-0.2, 0) is 13.2 Å². The first-order valence-corrected chi connectivity index (χ1v) is 12.3. The SMILES string of the molecule is Cc1cn(-c2cc(C(=O)Nc3ccc(C)c(Nc4[nH]n(C)c5c4cnc4nccc45)c3)cc(C(F)(F)F)c2)cn1. The van der Waals surface area contributed by atoms with Crippen LogP contribution in [0.3, 0.4) is 0 Å². The molecule has 1 amide bonds. The molecular weight excluding hydrogens is 521 g/mol. The normalized spacial score (nSPS) is 11.8. The van der Waals surface area contributed by atoms with Crippen LogP contribution in [0, 0.1) is 13.8 Å². The standard InChI is InChI=1S/C28H23F3N8O/c1-15-4-5-19(11-23(15)36-26-22-12-33-25-21(6-7-32-25)24(22)38(3)37-26)35-27(40)17-8-18(28(29,30)31)10-20(9-17)39-13-16(2)34-14-39/h4-14,36-37H,1-3H3,(H,35,40). The molecule has 12 heteroatoms. The minimum Gasteiger partial charge on any atom is -0.340 e. The average molecular weight is 545 g/mol. The van der Waals surface area contributed by atoms with Crippen molar-refractivity contribution in [3.8, 4) is 5.69 Å². The van der Waals surface area contributed by atoms with Crippen LogP contribution in [0.25, 0.3) is 27.6 Å². The largest absolute Gasteiger partial charge is 0.416 e. The lowest BCUT2D eigenvalue weighted by Crippen LogP contribution is -2.15. The van der Waals surface area contributed by atoms with Crippen molar-refractivity contribution in [2.45, 2.75) is 20.0 Å². The van der Waals surface area contributed by atoms with Gasteiger partial charge in [-0.2, -0.15) is 13.2 Å². The molecule has 0 aliphatic heterocycles. The van der Waals surface area contributed by atoms with Gasteiger partial charge in [-0.1, -0.05) is 6.07 Å². The number of aryl methyl sites for hydroxylation is 3. The topological polar surface area (TPSA) is 105 Å². The smallest absolute Gasteiger partial charge is 0.340 e. The van der Waals surface area contributed by atoms with Gasteiger partial charge in [-0.15, -0.1) is 0 Å². The Morgan fingerprint density at radius 1 is 1.00 bits per heavy atom. The molecule has 2 aromatic carbocycles. The van der Waals surface area contributed by atoms with E-state index in [1.165, 1.54) is 17.0 Å². The van der Waals surface area contributed by atoms with Crippen LogP contribution in [0.2, 0.25) is 0 Å². The van der Waals surface area contributed by atoms with E-state index in [0.29, 0.717) is 28.5 Å². The highest BCUT2D eigenvalue weighted by Crippen LogP contribution is 2.33. The number of rotatable bonds is 5. The van der Waals surface area contributed by atoms with Crippen LogP contribution >= 0.6 is 0 Å². The Kier molecular flexibility index (Phi) is 5.82. The predicted octanol–water partition coefficient (Wildman–Crippen LogP) is 6.27. The number of pyridine rings is 1. The Hall–Kier alpha value is -5.13. The molecule has 6 rings (SSSR count). The van der Waals surface area contributed by atoms with Gasteiger partial charge in [-0.05, 0) is 55.8 Å². The maximum absolute atomic E-state index is 13.7.